The van der Waals surface area contributed by atoms with Gasteiger partial charge in [-0.1, -0.05) is 13.8 Å². The van der Waals surface area contributed by atoms with Gasteiger partial charge in [-0.25, -0.2) is 0 Å². The van der Waals surface area contributed by atoms with E-state index in [0.717, 1.165) is 105 Å². The van der Waals surface area contributed by atoms with Crippen LogP contribution < -0.4 is 14.8 Å². The Kier molecular flexibility index (Phi) is 28.4. The minimum Gasteiger partial charge on any atom is -0.487 e. The van der Waals surface area contributed by atoms with Gasteiger partial charge < -0.3 is 77.9 Å². The van der Waals surface area contributed by atoms with Crippen LogP contribution >= 0.6 is 0 Å². The van der Waals surface area contributed by atoms with Crippen molar-refractivity contribution in [3.05, 3.63) is 79.7 Å². The highest BCUT2D eigenvalue weighted by Crippen LogP contribution is 2.40. The van der Waals surface area contributed by atoms with E-state index in [-0.39, 0.29) is 26.4 Å². The number of aliphatic hydroxyl groups is 2. The van der Waals surface area contributed by atoms with Crippen LogP contribution in [0.2, 0.25) is 0 Å². The third-order valence-electron chi connectivity index (χ3n) is 14.4. The average molecular weight is 1080 g/mol. The van der Waals surface area contributed by atoms with Crippen molar-refractivity contribution >= 4 is 17.6 Å². The summed E-state index contributed by atoms with van der Waals surface area (Å²) >= 11 is 0. The van der Waals surface area contributed by atoms with Crippen LogP contribution in [-0.2, 0) is 83.0 Å². The van der Waals surface area contributed by atoms with Crippen LogP contribution in [0, 0.1) is 13.8 Å². The van der Waals surface area contributed by atoms with E-state index < -0.39 is 0 Å². The molecule has 1 fully saturated rings. The molecule has 0 spiro atoms. The minimum atomic E-state index is 0.113. The molecule has 6 rings (SSSR count). The van der Waals surface area contributed by atoms with E-state index in [1.807, 2.05) is 18.3 Å². The molecular formula is C58H93N7O12. The van der Waals surface area contributed by atoms with Crippen molar-refractivity contribution in [1.82, 2.24) is 24.8 Å². The van der Waals surface area contributed by atoms with Crippen molar-refractivity contribution in [2.45, 2.75) is 85.6 Å². The lowest BCUT2D eigenvalue weighted by atomic mass is 9.97. The molecule has 4 aromatic rings. The van der Waals surface area contributed by atoms with Gasteiger partial charge in [0.2, 0.25) is 0 Å². The van der Waals surface area contributed by atoms with Gasteiger partial charge in [0.25, 0.3) is 0 Å². The van der Waals surface area contributed by atoms with Gasteiger partial charge in [-0.15, -0.1) is 0 Å². The molecule has 77 heavy (non-hydrogen) atoms. The maximum absolute atomic E-state index is 9.97. The number of aromatic nitrogens is 3. The molecule has 6 bridgehead atoms. The summed E-state index contributed by atoms with van der Waals surface area (Å²) in [7, 11) is 3.32. The van der Waals surface area contributed by atoms with E-state index in [9.17, 15) is 10.2 Å². The second-order valence-corrected chi connectivity index (χ2v) is 19.5. The second-order valence-electron chi connectivity index (χ2n) is 19.5. The Bertz CT molecular complexity index is 2310. The zero-order valence-corrected chi connectivity index (χ0v) is 47.4. The Morgan fingerprint density at radius 1 is 0.506 bits per heavy atom. The molecule has 432 valence electrons. The van der Waals surface area contributed by atoms with Gasteiger partial charge in [0.15, 0.2) is 11.5 Å². The Labute approximate surface area is 458 Å². The Hall–Kier alpha value is -4.35. The molecule has 1 aromatic carbocycles. The summed E-state index contributed by atoms with van der Waals surface area (Å²) in [5.41, 5.74) is 15.6. The topological polar surface area (TPSA) is 211 Å². The van der Waals surface area contributed by atoms with E-state index in [4.69, 9.17) is 52.4 Å². The fraction of sp³-hybridized carbons (Fsp3) is 0.672. The molecule has 0 amide bonds. The Balaban J connectivity index is 1.14. The number of fused-ring (bicyclic) bond motifs is 7. The first-order valence-electron chi connectivity index (χ1n) is 28.2. The first kappa shape index (κ1) is 61.9. The lowest BCUT2D eigenvalue weighted by molar-refractivity contribution is 0.0108. The summed E-state index contributed by atoms with van der Waals surface area (Å²) in [6.45, 7) is 23.3. The third kappa shape index (κ3) is 19.8. The Morgan fingerprint density at radius 3 is 1.43 bits per heavy atom. The highest BCUT2D eigenvalue weighted by molar-refractivity contribution is 5.85. The lowest BCUT2D eigenvalue weighted by Crippen LogP contribution is -2.48. The molecule has 0 unspecified atom stereocenters. The van der Waals surface area contributed by atoms with Crippen molar-refractivity contribution in [3.8, 4) is 11.5 Å². The van der Waals surface area contributed by atoms with Crippen LogP contribution in [0.1, 0.15) is 94.2 Å². The third-order valence-corrected chi connectivity index (χ3v) is 14.4. The van der Waals surface area contributed by atoms with Gasteiger partial charge in [-0.05, 0) is 85.8 Å². The molecule has 6 N–H and O–H groups in total. The molecule has 19 nitrogen and oxygen atoms in total. The van der Waals surface area contributed by atoms with E-state index in [1.165, 1.54) is 39.2 Å². The largest absolute Gasteiger partial charge is 0.487 e. The summed E-state index contributed by atoms with van der Waals surface area (Å²) < 4.78 is 57.6. The fourth-order valence-corrected chi connectivity index (χ4v) is 10.1. The number of benzene rings is 1. The predicted octanol–water partition coefficient (Wildman–Crippen LogP) is 5.89. The molecular weight excluding hydrogens is 987 g/mol. The molecule has 19 heteroatoms. The predicted molar refractivity (Wildman–Crippen MR) is 301 cm³/mol. The van der Waals surface area contributed by atoms with Crippen LogP contribution in [0.3, 0.4) is 0 Å². The standard InChI is InChI=1S/C58H93N7O12/c1-7-45-46(8-2)50-38-52-48(12-10-20-67)44(4)56(63-52)42-60-54-40-58(77-36-34-75-32-31-73-26-24-69-6)57(39-53(54)59-41-55-43(3)47(11-9-19-66)51(62-55)37-49(45)61-50)76-35-33-74-30-28-71-22-18-65-15-13-64(14-16-65)17-21-70-27-29-72-25-23-68-5/h39-41,60-63,66-67H,7-38,42H2,1-6H3. The van der Waals surface area contributed by atoms with Crippen molar-refractivity contribution in [2.75, 3.05) is 178 Å². The number of H-pyrrole nitrogens is 3. The molecule has 0 radical (unpaired) electrons. The van der Waals surface area contributed by atoms with Crippen LogP contribution in [-0.4, -0.2) is 214 Å². The zero-order valence-electron chi connectivity index (χ0n) is 47.4. The number of nitrogens with zero attached hydrogens (tertiary/aromatic N) is 3. The molecule has 2 aliphatic heterocycles. The van der Waals surface area contributed by atoms with E-state index >= 15 is 0 Å². The molecule has 0 aliphatic carbocycles. The number of ether oxygens (including phenoxy) is 10. The summed E-state index contributed by atoms with van der Waals surface area (Å²) in [5.74, 6) is 1.08. The van der Waals surface area contributed by atoms with Crippen LogP contribution in [0.4, 0.5) is 11.4 Å². The van der Waals surface area contributed by atoms with Crippen molar-refractivity contribution in [2.24, 2.45) is 4.99 Å². The number of piperazine rings is 1. The SMILES string of the molecule is CCc1c2[nH]c(c1CC)Cc1[nH]c(c(C)c1CCCO)CNc1cc(OCCOCCOCCOC)c(OCCOCCOCCN3CCN(CCOCCOCCOC)CC3)cc1N=Cc1[nH]c(c(CCCO)c1C)C2. The highest BCUT2D eigenvalue weighted by Gasteiger charge is 2.24. The lowest BCUT2D eigenvalue weighted by Gasteiger charge is -2.34. The number of aliphatic imine (C=N–C) groups is 1. The number of hydrogen-bond donors (Lipinski definition) is 6. The number of nitrogens with one attached hydrogen (secondary N) is 4. The first-order chi connectivity index (χ1) is 37.8. The van der Waals surface area contributed by atoms with Gasteiger partial charge in [0.05, 0.1) is 122 Å². The van der Waals surface area contributed by atoms with Crippen molar-refractivity contribution < 1.29 is 57.6 Å². The first-order valence-corrected chi connectivity index (χ1v) is 28.2. The van der Waals surface area contributed by atoms with Crippen LogP contribution in [0.25, 0.3) is 0 Å². The van der Waals surface area contributed by atoms with Gasteiger partial charge in [0, 0.05) is 120 Å². The summed E-state index contributed by atoms with van der Waals surface area (Å²) in [5, 5.41) is 23.7. The molecule has 2 aliphatic rings. The molecule has 5 heterocycles. The Morgan fingerprint density at radius 2 is 0.935 bits per heavy atom. The molecule has 3 aromatic heterocycles. The van der Waals surface area contributed by atoms with Crippen LogP contribution in [0.5, 0.6) is 11.5 Å². The maximum atomic E-state index is 9.97. The normalized spacial score (nSPS) is 14.3. The monoisotopic (exact) mass is 1080 g/mol. The van der Waals surface area contributed by atoms with Gasteiger partial charge in [-0.3, -0.25) is 14.8 Å². The smallest absolute Gasteiger partial charge is 0.163 e. The van der Waals surface area contributed by atoms with Crippen molar-refractivity contribution in [1.29, 1.82) is 0 Å². The number of aromatic amines is 3. The summed E-state index contributed by atoms with van der Waals surface area (Å²) in [6.07, 6.45) is 8.03. The number of anilines is 1. The quantitative estimate of drug-likeness (QED) is 0.0291. The van der Waals surface area contributed by atoms with Gasteiger partial charge in [0.1, 0.15) is 13.2 Å². The number of methoxy groups -OCH3 is 2. The fourth-order valence-electron chi connectivity index (χ4n) is 10.1. The maximum Gasteiger partial charge on any atom is 0.163 e. The summed E-state index contributed by atoms with van der Waals surface area (Å²) in [6, 6.07) is 3.89. The minimum absolute atomic E-state index is 0.113. The summed E-state index contributed by atoms with van der Waals surface area (Å²) in [4.78, 5) is 21.6. The second kappa shape index (κ2) is 35.3. The van der Waals surface area contributed by atoms with E-state index in [1.54, 1.807) is 14.2 Å². The van der Waals surface area contributed by atoms with Crippen LogP contribution in [0.15, 0.2) is 17.1 Å². The molecule has 0 saturated carbocycles. The number of rotatable bonds is 37. The average Bonchev–Trinajstić information content (AvgIpc) is 4.06. The number of hydrogen-bond acceptors (Lipinski definition) is 16. The van der Waals surface area contributed by atoms with E-state index in [0.29, 0.717) is 135 Å². The van der Waals surface area contributed by atoms with Gasteiger partial charge in [-0.2, -0.15) is 0 Å². The molecule has 0 atom stereocenters. The van der Waals surface area contributed by atoms with E-state index in [2.05, 4.69) is 57.8 Å². The number of aliphatic hydroxyl groups excluding tert-OH is 2. The molecule has 1 saturated heterocycles. The highest BCUT2D eigenvalue weighted by atomic mass is 16.6. The zero-order chi connectivity index (χ0) is 54.5. The van der Waals surface area contributed by atoms with Gasteiger partial charge >= 0.3 is 0 Å². The van der Waals surface area contributed by atoms with Crippen molar-refractivity contribution in [3.63, 3.8) is 0 Å².